The first-order valence-corrected chi connectivity index (χ1v) is 22.2. The van der Waals surface area contributed by atoms with Crippen molar-refractivity contribution in [2.75, 3.05) is 0 Å². The lowest BCUT2D eigenvalue weighted by Gasteiger charge is -2.61. The molecule has 0 N–H and O–H groups in total. The van der Waals surface area contributed by atoms with E-state index in [4.69, 9.17) is 0 Å². The smallest absolute Gasteiger partial charge is 0.0547 e. The third kappa shape index (κ3) is 4.38. The van der Waals surface area contributed by atoms with Gasteiger partial charge in [-0.25, -0.2) is 0 Å². The second-order valence-corrected chi connectivity index (χ2v) is 18.5. The van der Waals surface area contributed by atoms with E-state index in [0.29, 0.717) is 0 Å². The van der Waals surface area contributed by atoms with E-state index in [1.165, 1.54) is 120 Å². The van der Waals surface area contributed by atoms with E-state index < -0.39 is 0 Å². The molecule has 2 nitrogen and oxygen atoms in total. The lowest BCUT2D eigenvalue weighted by molar-refractivity contribution is -0.0399. The number of nitrogens with zero attached hydrogens (tertiary/aromatic N) is 2. The van der Waals surface area contributed by atoms with Crippen molar-refractivity contribution >= 4 is 43.6 Å². The van der Waals surface area contributed by atoms with E-state index >= 15 is 0 Å². The quantitative estimate of drug-likeness (QED) is 0.169. The fourth-order valence-electron chi connectivity index (χ4n) is 13.7. The second kappa shape index (κ2) is 12.2. The third-order valence-electron chi connectivity index (χ3n) is 15.7. The summed E-state index contributed by atoms with van der Waals surface area (Å²) < 4.78 is 5.01. The van der Waals surface area contributed by atoms with Crippen LogP contribution in [0, 0.1) is 23.7 Å². The SMILES string of the molecule is c1ccc(-c2cccc(-n3c4ccccc4c4c(-c5ccc6c(c5)c5ccccc5n6-c5ccc6c(c5)C5(c7ccccc7-6)C6CC7CC(C6)CC5C7)cccc43)c2)cc1. The Kier molecular flexibility index (Phi) is 6.76. The Hall–Kier alpha value is -6.64. The average Bonchev–Trinajstić information content (AvgIpc) is 3.92. The number of hydrogen-bond donors (Lipinski definition) is 0. The molecular weight excluding hydrogens is 725 g/mol. The zero-order chi connectivity index (χ0) is 39.1. The Labute approximate surface area is 350 Å². The normalized spacial score (nSPS) is 22.4. The minimum Gasteiger partial charge on any atom is -0.309 e. The van der Waals surface area contributed by atoms with Gasteiger partial charge >= 0.3 is 0 Å². The molecule has 5 aliphatic rings. The van der Waals surface area contributed by atoms with Crippen LogP contribution in [0.1, 0.15) is 43.2 Å². The van der Waals surface area contributed by atoms with E-state index in [1.807, 2.05) is 0 Å². The van der Waals surface area contributed by atoms with E-state index in [1.54, 1.807) is 11.1 Å². The number of benzene rings is 8. The van der Waals surface area contributed by atoms with Crippen LogP contribution in [-0.2, 0) is 5.41 Å². The van der Waals surface area contributed by atoms with Crippen molar-refractivity contribution in [1.82, 2.24) is 9.13 Å². The molecular formula is C58H44N2. The minimum absolute atomic E-state index is 0.141. The summed E-state index contributed by atoms with van der Waals surface area (Å²) in [7, 11) is 0. The molecule has 2 aromatic heterocycles. The number of rotatable bonds is 4. The summed E-state index contributed by atoms with van der Waals surface area (Å²) in [5.74, 6) is 3.34. The summed E-state index contributed by atoms with van der Waals surface area (Å²) in [6.45, 7) is 0. The highest BCUT2D eigenvalue weighted by atomic mass is 15.0. The van der Waals surface area contributed by atoms with E-state index in [2.05, 4.69) is 191 Å². The van der Waals surface area contributed by atoms with Gasteiger partial charge in [0.25, 0.3) is 0 Å². The van der Waals surface area contributed by atoms with Gasteiger partial charge in [-0.1, -0.05) is 127 Å². The summed E-state index contributed by atoms with van der Waals surface area (Å²) >= 11 is 0. The van der Waals surface area contributed by atoms with Crippen LogP contribution in [0.2, 0.25) is 0 Å². The van der Waals surface area contributed by atoms with Crippen LogP contribution in [0.15, 0.2) is 182 Å². The summed E-state index contributed by atoms with van der Waals surface area (Å²) in [4.78, 5) is 0. The molecule has 286 valence electrons. The Bertz CT molecular complexity index is 3370. The molecule has 4 saturated carbocycles. The standard InChI is InChI=1S/C58H44N2/c1-2-12-38(13-3-1)39-14-10-15-43(33-39)60-54-22-9-6-18-49(54)57-45(19-11-23-56(57)60)40-24-27-55-50(34-40)48-17-5-8-21-53(48)59(55)44-25-26-47-46-16-4-7-20-51(46)58(52(47)35-44)41-29-36-28-37(31-41)32-42(58)30-36/h1-27,33-37,41-42H,28-32H2. The molecule has 1 spiro atoms. The van der Waals surface area contributed by atoms with Gasteiger partial charge in [-0.3, -0.25) is 0 Å². The zero-order valence-corrected chi connectivity index (χ0v) is 33.6. The van der Waals surface area contributed by atoms with Crippen LogP contribution in [0.4, 0.5) is 0 Å². The maximum atomic E-state index is 2.64. The maximum absolute atomic E-state index is 2.64. The largest absolute Gasteiger partial charge is 0.309 e. The van der Waals surface area contributed by atoms with Gasteiger partial charge in [0.2, 0.25) is 0 Å². The average molecular weight is 769 g/mol. The molecule has 0 radical (unpaired) electrons. The lowest BCUT2D eigenvalue weighted by Crippen LogP contribution is -2.55. The Morgan fingerprint density at radius 2 is 0.950 bits per heavy atom. The molecule has 10 aromatic rings. The van der Waals surface area contributed by atoms with Gasteiger partial charge in [-0.05, 0) is 155 Å². The molecule has 5 aliphatic carbocycles. The minimum atomic E-state index is 0.141. The molecule has 0 atom stereocenters. The third-order valence-corrected chi connectivity index (χ3v) is 15.7. The van der Waals surface area contributed by atoms with Crippen molar-refractivity contribution in [2.24, 2.45) is 23.7 Å². The van der Waals surface area contributed by atoms with Gasteiger partial charge < -0.3 is 9.13 Å². The van der Waals surface area contributed by atoms with Crippen LogP contribution < -0.4 is 0 Å². The highest BCUT2D eigenvalue weighted by Crippen LogP contribution is 2.69. The molecule has 4 fully saturated rings. The molecule has 0 unspecified atom stereocenters. The predicted molar refractivity (Wildman–Crippen MR) is 249 cm³/mol. The molecule has 0 aliphatic heterocycles. The highest BCUT2D eigenvalue weighted by molar-refractivity contribution is 6.17. The topological polar surface area (TPSA) is 9.86 Å². The first kappa shape index (κ1) is 33.2. The molecule has 2 heteroatoms. The molecule has 0 saturated heterocycles. The fraction of sp³-hybridized carbons (Fsp3) is 0.172. The second-order valence-electron chi connectivity index (χ2n) is 18.5. The molecule has 15 rings (SSSR count). The van der Waals surface area contributed by atoms with Gasteiger partial charge in [0.15, 0.2) is 0 Å². The maximum Gasteiger partial charge on any atom is 0.0547 e. The molecule has 4 bridgehead atoms. The van der Waals surface area contributed by atoms with Gasteiger partial charge in [0, 0.05) is 38.3 Å². The fourth-order valence-corrected chi connectivity index (χ4v) is 13.7. The van der Waals surface area contributed by atoms with E-state index in [0.717, 1.165) is 23.7 Å². The zero-order valence-electron chi connectivity index (χ0n) is 33.6. The number of aromatic nitrogens is 2. The van der Waals surface area contributed by atoms with Crippen LogP contribution in [0.3, 0.4) is 0 Å². The number of para-hydroxylation sites is 2. The Morgan fingerprint density at radius 3 is 1.78 bits per heavy atom. The van der Waals surface area contributed by atoms with Gasteiger partial charge in [-0.2, -0.15) is 0 Å². The van der Waals surface area contributed by atoms with Crippen LogP contribution in [0.5, 0.6) is 0 Å². The van der Waals surface area contributed by atoms with Crippen LogP contribution >= 0.6 is 0 Å². The van der Waals surface area contributed by atoms with Crippen molar-refractivity contribution in [3.05, 3.63) is 193 Å². The molecule has 8 aromatic carbocycles. The summed E-state index contributed by atoms with van der Waals surface area (Å²) in [6.07, 6.45) is 7.06. The molecule has 2 heterocycles. The van der Waals surface area contributed by atoms with Crippen molar-refractivity contribution in [1.29, 1.82) is 0 Å². The van der Waals surface area contributed by atoms with E-state index in [-0.39, 0.29) is 5.41 Å². The van der Waals surface area contributed by atoms with Gasteiger partial charge in [0.1, 0.15) is 0 Å². The van der Waals surface area contributed by atoms with Gasteiger partial charge in [-0.15, -0.1) is 0 Å². The predicted octanol–water partition coefficient (Wildman–Crippen LogP) is 14.9. The summed E-state index contributed by atoms with van der Waals surface area (Å²) in [5.41, 5.74) is 18.7. The van der Waals surface area contributed by atoms with Crippen molar-refractivity contribution in [2.45, 2.75) is 37.5 Å². The summed E-state index contributed by atoms with van der Waals surface area (Å²) in [5, 5.41) is 5.16. The molecule has 60 heavy (non-hydrogen) atoms. The monoisotopic (exact) mass is 768 g/mol. The highest BCUT2D eigenvalue weighted by Gasteiger charge is 2.61. The first-order valence-electron chi connectivity index (χ1n) is 22.2. The van der Waals surface area contributed by atoms with Crippen LogP contribution in [-0.4, -0.2) is 9.13 Å². The van der Waals surface area contributed by atoms with Crippen molar-refractivity contribution in [3.8, 4) is 44.8 Å². The Morgan fingerprint density at radius 1 is 0.350 bits per heavy atom. The lowest BCUT2D eigenvalue weighted by atomic mass is 9.43. The summed E-state index contributed by atoms with van der Waals surface area (Å²) in [6, 6.07) is 68.8. The molecule has 0 amide bonds. The van der Waals surface area contributed by atoms with E-state index in [9.17, 15) is 0 Å². The first-order chi connectivity index (χ1) is 29.7. The number of fused-ring (bicyclic) bond motifs is 9. The number of hydrogen-bond acceptors (Lipinski definition) is 0. The van der Waals surface area contributed by atoms with Gasteiger partial charge in [0.05, 0.1) is 22.1 Å². The van der Waals surface area contributed by atoms with Crippen molar-refractivity contribution < 1.29 is 0 Å². The Balaban J connectivity index is 0.949. The van der Waals surface area contributed by atoms with Crippen molar-refractivity contribution in [3.63, 3.8) is 0 Å². The van der Waals surface area contributed by atoms with Crippen LogP contribution in [0.25, 0.3) is 88.4 Å².